The first kappa shape index (κ1) is 24.2. The van der Waals surface area contributed by atoms with Gasteiger partial charge in [-0.2, -0.15) is 0 Å². The molecule has 1 atom stereocenters. The van der Waals surface area contributed by atoms with Crippen molar-refractivity contribution in [3.8, 4) is 5.75 Å². The van der Waals surface area contributed by atoms with Crippen LogP contribution in [0.2, 0.25) is 0 Å². The molecule has 4 nitrogen and oxygen atoms in total. The van der Waals surface area contributed by atoms with Crippen LogP contribution in [-0.2, 0) is 17.4 Å². The molecule has 0 bridgehead atoms. The van der Waals surface area contributed by atoms with E-state index < -0.39 is 7.82 Å². The maximum Gasteiger partial charge on any atom is 0.524 e. The molecular weight excluding hydrogens is 359 g/mol. The van der Waals surface area contributed by atoms with Gasteiger partial charge >= 0.3 is 7.82 Å². The van der Waals surface area contributed by atoms with Crippen molar-refractivity contribution in [2.45, 2.75) is 97.8 Å². The van der Waals surface area contributed by atoms with Crippen LogP contribution in [0, 0.1) is 5.92 Å². The second-order valence-corrected chi connectivity index (χ2v) is 8.83. The predicted octanol–water partition coefficient (Wildman–Crippen LogP) is 6.82. The van der Waals surface area contributed by atoms with E-state index in [-0.39, 0.29) is 0 Å². The summed E-state index contributed by atoms with van der Waals surface area (Å²) in [6, 6.07) is 5.80. The Morgan fingerprint density at radius 2 is 1.63 bits per heavy atom. The molecule has 0 spiro atoms. The Bertz CT molecular complexity index is 567. The summed E-state index contributed by atoms with van der Waals surface area (Å²) < 4.78 is 16.3. The monoisotopic (exact) mass is 398 g/mol. The number of phosphoric acid groups is 1. The third kappa shape index (κ3) is 10.9. The second kappa shape index (κ2) is 13.4. The minimum absolute atomic E-state index is 0.338. The Morgan fingerprint density at radius 3 is 2.26 bits per heavy atom. The number of aryl methyl sites for hydroxylation is 1. The van der Waals surface area contributed by atoms with Gasteiger partial charge in [-0.05, 0) is 42.4 Å². The van der Waals surface area contributed by atoms with Crippen molar-refractivity contribution in [1.29, 1.82) is 0 Å². The quantitative estimate of drug-likeness (QED) is 0.251. The zero-order valence-electron chi connectivity index (χ0n) is 17.5. The van der Waals surface area contributed by atoms with E-state index in [9.17, 15) is 14.4 Å². The molecule has 0 aliphatic heterocycles. The molecule has 156 valence electrons. The summed E-state index contributed by atoms with van der Waals surface area (Å²) in [5.41, 5.74) is 2.17. The van der Waals surface area contributed by atoms with Gasteiger partial charge in [0.2, 0.25) is 0 Å². The molecule has 0 saturated carbocycles. The third-order valence-corrected chi connectivity index (χ3v) is 5.65. The summed E-state index contributed by atoms with van der Waals surface area (Å²) in [5.74, 6) is 0.860. The Hall–Kier alpha value is -0.830. The first-order valence-corrected chi connectivity index (χ1v) is 12.3. The highest BCUT2D eigenvalue weighted by Crippen LogP contribution is 2.40. The van der Waals surface area contributed by atoms with Gasteiger partial charge in [0.25, 0.3) is 0 Å². The van der Waals surface area contributed by atoms with Crippen LogP contribution in [0.3, 0.4) is 0 Å². The molecule has 0 aliphatic carbocycles. The lowest BCUT2D eigenvalue weighted by molar-refractivity contribution is 0.281. The van der Waals surface area contributed by atoms with Gasteiger partial charge in [-0.15, -0.1) is 0 Å². The Kier molecular flexibility index (Phi) is 12.0. The highest BCUT2D eigenvalue weighted by molar-refractivity contribution is 7.46. The molecule has 27 heavy (non-hydrogen) atoms. The van der Waals surface area contributed by atoms with Crippen LogP contribution in [0.5, 0.6) is 5.75 Å². The largest absolute Gasteiger partial charge is 0.524 e. The zero-order valence-corrected chi connectivity index (χ0v) is 18.3. The van der Waals surface area contributed by atoms with Crippen LogP contribution >= 0.6 is 7.82 Å². The first-order valence-electron chi connectivity index (χ1n) is 10.8. The number of benzene rings is 1. The molecule has 0 saturated heterocycles. The van der Waals surface area contributed by atoms with Gasteiger partial charge in [-0.25, -0.2) is 4.57 Å². The van der Waals surface area contributed by atoms with Gasteiger partial charge in [0.1, 0.15) is 5.75 Å². The van der Waals surface area contributed by atoms with Crippen LogP contribution in [0.25, 0.3) is 0 Å². The molecule has 1 aromatic rings. The van der Waals surface area contributed by atoms with Crippen molar-refractivity contribution >= 4 is 7.82 Å². The van der Waals surface area contributed by atoms with E-state index in [1.165, 1.54) is 50.5 Å². The number of hydrogen-bond donors (Lipinski definition) is 2. The van der Waals surface area contributed by atoms with Gasteiger partial charge in [-0.1, -0.05) is 90.7 Å². The van der Waals surface area contributed by atoms with Crippen LogP contribution in [0.1, 0.15) is 96.1 Å². The fourth-order valence-corrected chi connectivity index (χ4v) is 3.96. The smallest absolute Gasteiger partial charge is 0.404 e. The van der Waals surface area contributed by atoms with E-state index in [0.29, 0.717) is 11.7 Å². The van der Waals surface area contributed by atoms with E-state index in [1.807, 2.05) is 6.07 Å². The van der Waals surface area contributed by atoms with E-state index >= 15 is 0 Å². The van der Waals surface area contributed by atoms with Gasteiger partial charge in [-0.3, -0.25) is 9.79 Å². The maximum atomic E-state index is 11.3. The van der Waals surface area contributed by atoms with Crippen molar-refractivity contribution in [2.75, 3.05) is 0 Å². The topological polar surface area (TPSA) is 66.8 Å². The molecule has 0 fully saturated rings. The number of hydrogen-bond acceptors (Lipinski definition) is 2. The van der Waals surface area contributed by atoms with Crippen molar-refractivity contribution in [3.05, 3.63) is 29.3 Å². The summed E-state index contributed by atoms with van der Waals surface area (Å²) in [5, 5.41) is 0. The van der Waals surface area contributed by atoms with Crippen LogP contribution < -0.4 is 4.52 Å². The first-order chi connectivity index (χ1) is 12.9. The normalized spacial score (nSPS) is 12.9. The van der Waals surface area contributed by atoms with Gasteiger partial charge in [0.15, 0.2) is 0 Å². The molecule has 0 aromatic heterocycles. The minimum atomic E-state index is -4.54. The molecule has 0 radical (unpaired) electrons. The molecule has 1 rings (SSSR count). The highest BCUT2D eigenvalue weighted by Gasteiger charge is 2.20. The zero-order chi connectivity index (χ0) is 20.1. The van der Waals surface area contributed by atoms with Crippen LogP contribution in [-0.4, -0.2) is 9.79 Å². The highest BCUT2D eigenvalue weighted by atomic mass is 31.2. The molecule has 0 aliphatic rings. The van der Waals surface area contributed by atoms with E-state index in [4.69, 9.17) is 4.52 Å². The van der Waals surface area contributed by atoms with Gasteiger partial charge in [0, 0.05) is 0 Å². The molecule has 0 heterocycles. The lowest BCUT2D eigenvalue weighted by atomic mass is 9.90. The lowest BCUT2D eigenvalue weighted by Gasteiger charge is -2.18. The standard InChI is InChI=1S/C22H39O4P/c1-4-7-9-10-11-12-14-20-15-16-22(26-27(23,24)25)21(18-20)17-19(6-3)13-8-5-2/h15-16,18-19H,4-14,17H2,1-3H3,(H2,23,24,25). The van der Waals surface area contributed by atoms with E-state index in [0.717, 1.165) is 37.7 Å². The lowest BCUT2D eigenvalue weighted by Crippen LogP contribution is -2.06. The Morgan fingerprint density at radius 1 is 0.963 bits per heavy atom. The molecule has 0 amide bonds. The van der Waals surface area contributed by atoms with E-state index in [1.54, 1.807) is 6.07 Å². The molecule has 1 unspecified atom stereocenters. The molecule has 1 aromatic carbocycles. The minimum Gasteiger partial charge on any atom is -0.404 e. The van der Waals surface area contributed by atoms with Gasteiger partial charge in [0.05, 0.1) is 0 Å². The van der Waals surface area contributed by atoms with Crippen molar-refractivity contribution < 1.29 is 18.9 Å². The molecule has 2 N–H and O–H groups in total. The second-order valence-electron chi connectivity index (χ2n) is 7.66. The van der Waals surface area contributed by atoms with Crippen molar-refractivity contribution in [3.63, 3.8) is 0 Å². The maximum absolute atomic E-state index is 11.3. The van der Waals surface area contributed by atoms with Crippen LogP contribution in [0.15, 0.2) is 18.2 Å². The average molecular weight is 399 g/mol. The fourth-order valence-electron chi connectivity index (χ4n) is 3.53. The summed E-state index contributed by atoms with van der Waals surface area (Å²) in [6.07, 6.45) is 14.0. The average Bonchev–Trinajstić information content (AvgIpc) is 2.62. The number of phosphoric ester groups is 1. The molecule has 5 heteroatoms. The van der Waals surface area contributed by atoms with Gasteiger partial charge < -0.3 is 4.52 Å². The van der Waals surface area contributed by atoms with Crippen LogP contribution in [0.4, 0.5) is 0 Å². The Balaban J connectivity index is 2.78. The third-order valence-electron chi connectivity index (χ3n) is 5.21. The SMILES string of the molecule is CCCCCCCCc1ccc(OP(=O)(O)O)c(CC(CC)CCCC)c1. The summed E-state index contributed by atoms with van der Waals surface area (Å²) in [4.78, 5) is 18.5. The van der Waals surface area contributed by atoms with Crippen molar-refractivity contribution in [2.24, 2.45) is 5.92 Å². The summed E-state index contributed by atoms with van der Waals surface area (Å²) in [7, 11) is -4.54. The summed E-state index contributed by atoms with van der Waals surface area (Å²) >= 11 is 0. The van der Waals surface area contributed by atoms with Crippen molar-refractivity contribution in [1.82, 2.24) is 0 Å². The Labute approximate surface area is 166 Å². The molecular formula is C22H39O4P. The predicted molar refractivity (Wildman–Crippen MR) is 113 cm³/mol. The fraction of sp³-hybridized carbons (Fsp3) is 0.727. The van der Waals surface area contributed by atoms with E-state index in [2.05, 4.69) is 26.8 Å². The summed E-state index contributed by atoms with van der Waals surface area (Å²) in [6.45, 7) is 6.60. The number of rotatable bonds is 15. The number of unbranched alkanes of at least 4 members (excludes halogenated alkanes) is 6.